The van der Waals surface area contributed by atoms with Gasteiger partial charge in [-0.1, -0.05) is 11.3 Å². The lowest BCUT2D eigenvalue weighted by molar-refractivity contribution is -0.380. The van der Waals surface area contributed by atoms with Gasteiger partial charge in [0.15, 0.2) is 0 Å². The summed E-state index contributed by atoms with van der Waals surface area (Å²) in [5, 5.41) is 19.8. The molecule has 0 amide bonds. The maximum absolute atomic E-state index is 11.3. The Kier molecular flexibility index (Phi) is 6.09. The van der Waals surface area contributed by atoms with E-state index in [1.165, 1.54) is 6.07 Å². The minimum atomic E-state index is -0.608. The Hall–Kier alpha value is -1.98. The highest BCUT2D eigenvalue weighted by Gasteiger charge is 2.22. The molecule has 1 heterocycles. The Balaban J connectivity index is 2.67. The van der Waals surface area contributed by atoms with Gasteiger partial charge in [-0.3, -0.25) is 19.8 Å². The van der Waals surface area contributed by atoms with Crippen molar-refractivity contribution in [2.45, 2.75) is 19.4 Å². The second-order valence-electron chi connectivity index (χ2n) is 4.00. The molecular formula is C12H15N3O4S. The minimum absolute atomic E-state index is 0.000886. The summed E-state index contributed by atoms with van der Waals surface area (Å²) in [5.41, 5.74) is 0. The van der Waals surface area contributed by atoms with Crippen molar-refractivity contribution in [2.24, 2.45) is 0 Å². The lowest BCUT2D eigenvalue weighted by Gasteiger charge is -2.20. The number of hydrogen-bond acceptors (Lipinski definition) is 7. The van der Waals surface area contributed by atoms with Crippen molar-refractivity contribution in [3.63, 3.8) is 0 Å². The predicted octanol–water partition coefficient (Wildman–Crippen LogP) is 2.11. The quantitative estimate of drug-likeness (QED) is 0.434. The van der Waals surface area contributed by atoms with Crippen LogP contribution in [0.5, 0.6) is 0 Å². The third-order valence-electron chi connectivity index (χ3n) is 2.60. The van der Waals surface area contributed by atoms with Gasteiger partial charge in [0.05, 0.1) is 24.0 Å². The summed E-state index contributed by atoms with van der Waals surface area (Å²) >= 11 is 0.967. The second kappa shape index (κ2) is 7.57. The van der Waals surface area contributed by atoms with E-state index in [9.17, 15) is 20.2 Å². The molecule has 1 atom stereocenters. The molecule has 1 aromatic heterocycles. The largest absolute Gasteiger partial charge is 0.466 e. The third-order valence-corrected chi connectivity index (χ3v) is 3.69. The molecule has 8 heteroatoms. The van der Waals surface area contributed by atoms with Crippen LogP contribution >= 0.6 is 11.3 Å². The van der Waals surface area contributed by atoms with E-state index in [4.69, 9.17) is 4.74 Å². The van der Waals surface area contributed by atoms with Gasteiger partial charge < -0.3 is 4.74 Å². The number of esters is 1. The number of ether oxygens (including phenoxy) is 1. The molecule has 0 aromatic carbocycles. The number of rotatable bonds is 7. The molecule has 1 unspecified atom stereocenters. The van der Waals surface area contributed by atoms with Crippen LogP contribution in [0.3, 0.4) is 0 Å². The molecule has 0 N–H and O–H groups in total. The highest BCUT2D eigenvalue weighted by Crippen LogP contribution is 2.31. The lowest BCUT2D eigenvalue weighted by atomic mass is 10.2. The van der Waals surface area contributed by atoms with Crippen molar-refractivity contribution >= 4 is 22.3 Å². The number of thiophene rings is 1. The fourth-order valence-corrected chi connectivity index (χ4v) is 2.53. The second-order valence-corrected chi connectivity index (χ2v) is 5.09. The molecule has 0 saturated carbocycles. The first kappa shape index (κ1) is 16.1. The van der Waals surface area contributed by atoms with Crippen LogP contribution in [0.2, 0.25) is 0 Å². The first-order valence-corrected chi connectivity index (χ1v) is 6.80. The summed E-state index contributed by atoms with van der Waals surface area (Å²) < 4.78 is 4.81. The highest BCUT2D eigenvalue weighted by atomic mass is 32.1. The van der Waals surface area contributed by atoms with Gasteiger partial charge in [0, 0.05) is 17.5 Å². The zero-order valence-corrected chi connectivity index (χ0v) is 12.1. The van der Waals surface area contributed by atoms with Crippen LogP contribution in [0.25, 0.3) is 0 Å². The van der Waals surface area contributed by atoms with E-state index in [0.29, 0.717) is 18.0 Å². The number of hydrogen-bond donors (Lipinski definition) is 0. The van der Waals surface area contributed by atoms with Gasteiger partial charge in [-0.15, -0.1) is 0 Å². The maximum Gasteiger partial charge on any atom is 0.324 e. The summed E-state index contributed by atoms with van der Waals surface area (Å²) in [5.74, 6) is -0.326. The SMILES string of the molecule is CCOC(=O)CCN(C)C(C#N)c1ccc([N+](=O)[O-])s1. The lowest BCUT2D eigenvalue weighted by Crippen LogP contribution is -2.26. The molecule has 108 valence electrons. The minimum Gasteiger partial charge on any atom is -0.466 e. The van der Waals surface area contributed by atoms with E-state index < -0.39 is 11.0 Å². The highest BCUT2D eigenvalue weighted by molar-refractivity contribution is 7.15. The van der Waals surface area contributed by atoms with Gasteiger partial charge >= 0.3 is 11.0 Å². The van der Waals surface area contributed by atoms with Crippen molar-refractivity contribution in [3.8, 4) is 6.07 Å². The average Bonchev–Trinajstić information content (AvgIpc) is 2.87. The van der Waals surface area contributed by atoms with Crippen molar-refractivity contribution < 1.29 is 14.5 Å². The number of carbonyl (C=O) groups excluding carboxylic acids is 1. The molecule has 0 aliphatic carbocycles. The summed E-state index contributed by atoms with van der Waals surface area (Å²) in [6, 6.07) is 4.43. The fraction of sp³-hybridized carbons (Fsp3) is 0.500. The monoisotopic (exact) mass is 297 g/mol. The molecule has 7 nitrogen and oxygen atoms in total. The van der Waals surface area contributed by atoms with E-state index in [1.54, 1.807) is 24.9 Å². The number of nitrogens with zero attached hydrogens (tertiary/aromatic N) is 3. The molecule has 0 bridgehead atoms. The van der Waals surface area contributed by atoms with Crippen LogP contribution in [0.15, 0.2) is 12.1 Å². The summed E-state index contributed by atoms with van der Waals surface area (Å²) in [6.45, 7) is 2.40. The Morgan fingerprint density at radius 3 is 2.85 bits per heavy atom. The molecule has 1 aromatic rings. The van der Waals surface area contributed by atoms with Gasteiger partial charge in [0.1, 0.15) is 6.04 Å². The van der Waals surface area contributed by atoms with Crippen molar-refractivity contribution in [1.82, 2.24) is 4.90 Å². The Morgan fingerprint density at radius 2 is 2.35 bits per heavy atom. The van der Waals surface area contributed by atoms with E-state index in [0.717, 1.165) is 11.3 Å². The van der Waals surface area contributed by atoms with Crippen LogP contribution in [-0.4, -0.2) is 36.0 Å². The van der Waals surface area contributed by atoms with Gasteiger partial charge in [-0.05, 0) is 20.0 Å². The maximum atomic E-state index is 11.3. The summed E-state index contributed by atoms with van der Waals surface area (Å²) in [4.78, 5) is 23.7. The standard InChI is InChI=1S/C12H15N3O4S/c1-3-19-12(16)6-7-14(2)9(8-13)10-4-5-11(20-10)15(17)18/h4-5,9H,3,6-7H2,1-2H3. The van der Waals surface area contributed by atoms with Crippen LogP contribution in [-0.2, 0) is 9.53 Å². The molecule has 1 rings (SSSR count). The molecular weight excluding hydrogens is 282 g/mol. The smallest absolute Gasteiger partial charge is 0.324 e. The normalized spacial score (nSPS) is 11.9. The molecule has 0 aliphatic rings. The summed E-state index contributed by atoms with van der Waals surface area (Å²) in [7, 11) is 1.69. The Bertz CT molecular complexity index is 523. The van der Waals surface area contributed by atoms with E-state index in [1.807, 2.05) is 0 Å². The Morgan fingerprint density at radius 1 is 1.65 bits per heavy atom. The molecule has 20 heavy (non-hydrogen) atoms. The first-order chi connectivity index (χ1) is 9.49. The van der Waals surface area contributed by atoms with Crippen molar-refractivity contribution in [1.29, 1.82) is 5.26 Å². The van der Waals surface area contributed by atoms with Crippen LogP contribution < -0.4 is 0 Å². The van der Waals surface area contributed by atoms with Gasteiger partial charge in [0.25, 0.3) is 0 Å². The molecule has 0 fully saturated rings. The topological polar surface area (TPSA) is 96.5 Å². The van der Waals surface area contributed by atoms with Crippen molar-refractivity contribution in [2.75, 3.05) is 20.2 Å². The fourth-order valence-electron chi connectivity index (χ4n) is 1.60. The Labute approximate surface area is 120 Å². The zero-order chi connectivity index (χ0) is 15.1. The van der Waals surface area contributed by atoms with E-state index >= 15 is 0 Å². The van der Waals surface area contributed by atoms with Crippen LogP contribution in [0.4, 0.5) is 5.00 Å². The van der Waals surface area contributed by atoms with Gasteiger partial charge in [0.2, 0.25) is 0 Å². The number of nitriles is 1. The van der Waals surface area contributed by atoms with E-state index in [2.05, 4.69) is 6.07 Å². The molecule has 0 aliphatic heterocycles. The number of carbonyl (C=O) groups is 1. The third kappa shape index (κ3) is 4.29. The predicted molar refractivity (Wildman–Crippen MR) is 73.2 cm³/mol. The molecule has 0 radical (unpaired) electrons. The zero-order valence-electron chi connectivity index (χ0n) is 11.2. The van der Waals surface area contributed by atoms with Crippen LogP contribution in [0, 0.1) is 21.4 Å². The molecule has 0 spiro atoms. The van der Waals surface area contributed by atoms with Crippen molar-refractivity contribution in [3.05, 3.63) is 27.1 Å². The van der Waals surface area contributed by atoms with Gasteiger partial charge in [-0.2, -0.15) is 5.26 Å². The molecule has 0 saturated heterocycles. The summed E-state index contributed by atoms with van der Waals surface area (Å²) in [6.07, 6.45) is 0.177. The number of nitro groups is 1. The van der Waals surface area contributed by atoms with Crippen LogP contribution in [0.1, 0.15) is 24.3 Å². The average molecular weight is 297 g/mol. The first-order valence-electron chi connectivity index (χ1n) is 5.99. The van der Waals surface area contributed by atoms with E-state index in [-0.39, 0.29) is 17.4 Å². The van der Waals surface area contributed by atoms with Gasteiger partial charge in [-0.25, -0.2) is 0 Å².